The highest BCUT2D eigenvalue weighted by atomic mass is 32.2. The van der Waals surface area contributed by atoms with Crippen LogP contribution in [0.5, 0.6) is 0 Å². The highest BCUT2D eigenvalue weighted by Gasteiger charge is 2.44. The number of amides is 1. The van der Waals surface area contributed by atoms with Gasteiger partial charge in [-0.05, 0) is 64.0 Å². The number of aryl methyl sites for hydroxylation is 1. The second-order valence-electron chi connectivity index (χ2n) is 9.56. The molecule has 7 heteroatoms. The van der Waals surface area contributed by atoms with Crippen molar-refractivity contribution in [3.8, 4) is 0 Å². The van der Waals surface area contributed by atoms with E-state index in [0.717, 1.165) is 31.2 Å². The summed E-state index contributed by atoms with van der Waals surface area (Å²) in [6, 6.07) is 6.75. The molecule has 1 amide bonds. The van der Waals surface area contributed by atoms with Gasteiger partial charge in [0.2, 0.25) is 15.9 Å². The fraction of sp³-hybridized carbons (Fsp3) is 0.696. The first-order chi connectivity index (χ1) is 14.3. The van der Waals surface area contributed by atoms with Gasteiger partial charge in [-0.25, -0.2) is 13.1 Å². The Morgan fingerprint density at radius 2 is 1.77 bits per heavy atom. The number of hydrogen-bond donors (Lipinski definition) is 2. The van der Waals surface area contributed by atoms with E-state index in [1.165, 1.54) is 0 Å². The number of nitrogens with one attached hydrogen (secondary N) is 1. The van der Waals surface area contributed by atoms with E-state index in [2.05, 4.69) is 4.72 Å². The Labute approximate surface area is 180 Å². The molecule has 30 heavy (non-hydrogen) atoms. The molecular weight excluding hydrogens is 400 g/mol. The Balaban J connectivity index is 1.30. The summed E-state index contributed by atoms with van der Waals surface area (Å²) in [7, 11) is -3.53. The normalized spacial score (nSPS) is 32.5. The number of nitrogens with zero attached hydrogens (tertiary/aromatic N) is 1. The van der Waals surface area contributed by atoms with Crippen molar-refractivity contribution in [1.82, 2.24) is 9.62 Å². The highest BCUT2D eigenvalue weighted by molar-refractivity contribution is 7.89. The zero-order valence-corrected chi connectivity index (χ0v) is 18.7. The first kappa shape index (κ1) is 21.8. The quantitative estimate of drug-likeness (QED) is 0.763. The van der Waals surface area contributed by atoms with Gasteiger partial charge in [0.25, 0.3) is 0 Å². The topological polar surface area (TPSA) is 86.7 Å². The summed E-state index contributed by atoms with van der Waals surface area (Å²) in [6.45, 7) is 3.25. The zero-order valence-electron chi connectivity index (χ0n) is 17.8. The van der Waals surface area contributed by atoms with E-state index >= 15 is 0 Å². The minimum Gasteiger partial charge on any atom is -0.389 e. The van der Waals surface area contributed by atoms with Crippen LogP contribution in [0.25, 0.3) is 0 Å². The number of carbonyl (C=O) groups excluding carboxylic acids is 1. The third kappa shape index (κ3) is 4.58. The summed E-state index contributed by atoms with van der Waals surface area (Å²) in [4.78, 5) is 15.3. The van der Waals surface area contributed by atoms with Gasteiger partial charge in [-0.15, -0.1) is 0 Å². The number of carbonyl (C=O) groups is 1. The molecule has 0 aromatic heterocycles. The number of sulfonamides is 1. The van der Waals surface area contributed by atoms with Crippen molar-refractivity contribution in [2.24, 2.45) is 11.8 Å². The number of benzene rings is 1. The van der Waals surface area contributed by atoms with Gasteiger partial charge in [0.05, 0.1) is 10.5 Å². The van der Waals surface area contributed by atoms with Crippen LogP contribution in [0.1, 0.15) is 63.4 Å². The zero-order chi connectivity index (χ0) is 21.4. The smallest absolute Gasteiger partial charge is 0.240 e. The van der Waals surface area contributed by atoms with Crippen LogP contribution < -0.4 is 4.72 Å². The summed E-state index contributed by atoms with van der Waals surface area (Å²) in [5, 5.41) is 10.8. The van der Waals surface area contributed by atoms with E-state index in [4.69, 9.17) is 0 Å². The monoisotopic (exact) mass is 434 g/mol. The molecule has 3 fully saturated rings. The van der Waals surface area contributed by atoms with Crippen LogP contribution in [0.3, 0.4) is 0 Å². The van der Waals surface area contributed by atoms with Gasteiger partial charge in [0.1, 0.15) is 0 Å². The Morgan fingerprint density at radius 3 is 2.47 bits per heavy atom. The van der Waals surface area contributed by atoms with Crippen LogP contribution in [0.4, 0.5) is 0 Å². The summed E-state index contributed by atoms with van der Waals surface area (Å²) in [5.74, 6) is 0.379. The van der Waals surface area contributed by atoms with Crippen LogP contribution in [0, 0.1) is 18.8 Å². The molecule has 1 saturated heterocycles. The van der Waals surface area contributed by atoms with E-state index < -0.39 is 15.6 Å². The summed E-state index contributed by atoms with van der Waals surface area (Å²) in [6.07, 6.45) is 7.58. The molecule has 2 unspecified atom stereocenters. The second kappa shape index (κ2) is 8.60. The molecule has 2 aliphatic carbocycles. The third-order valence-electron chi connectivity index (χ3n) is 7.47. The molecular formula is C23H34N2O4S. The molecule has 0 radical (unpaired) electrons. The average Bonchev–Trinajstić information content (AvgIpc) is 2.73. The molecule has 1 aliphatic heterocycles. The van der Waals surface area contributed by atoms with Gasteiger partial charge in [-0.2, -0.15) is 0 Å². The molecule has 4 rings (SSSR count). The Kier molecular flexibility index (Phi) is 6.24. The number of hydrogen-bond acceptors (Lipinski definition) is 4. The Bertz CT molecular complexity index is 862. The number of piperidine rings is 1. The molecule has 2 saturated carbocycles. The van der Waals surface area contributed by atoms with E-state index in [1.54, 1.807) is 24.3 Å². The standard InChI is InChI=1S/C23H34N2O4S/c1-17-5-11-21(12-6-17)30(28,29)24-20-9-7-18(8-10-20)22(26)25-15-14-23(27)13-3-2-4-19(23)16-25/h5-6,11-12,18-20,24,27H,2-4,7-10,13-16H2,1H3. The van der Waals surface area contributed by atoms with E-state index in [0.29, 0.717) is 50.1 Å². The first-order valence-corrected chi connectivity index (χ1v) is 12.9. The van der Waals surface area contributed by atoms with Crippen molar-refractivity contribution >= 4 is 15.9 Å². The lowest BCUT2D eigenvalue weighted by Gasteiger charge is -2.48. The van der Waals surface area contributed by atoms with Crippen molar-refractivity contribution in [3.63, 3.8) is 0 Å². The van der Waals surface area contributed by atoms with Gasteiger partial charge in [0, 0.05) is 31.0 Å². The van der Waals surface area contributed by atoms with Gasteiger partial charge in [-0.1, -0.05) is 30.5 Å². The lowest BCUT2D eigenvalue weighted by molar-refractivity contribution is -0.148. The first-order valence-electron chi connectivity index (χ1n) is 11.4. The van der Waals surface area contributed by atoms with E-state index in [1.807, 2.05) is 11.8 Å². The van der Waals surface area contributed by atoms with Crippen molar-refractivity contribution in [2.45, 2.75) is 81.2 Å². The predicted molar refractivity (Wildman–Crippen MR) is 115 cm³/mol. The van der Waals surface area contributed by atoms with Crippen LogP contribution in [0.15, 0.2) is 29.2 Å². The number of likely N-dealkylation sites (tertiary alicyclic amines) is 1. The van der Waals surface area contributed by atoms with Crippen LogP contribution in [-0.4, -0.2) is 49.1 Å². The third-order valence-corrected chi connectivity index (χ3v) is 9.01. The molecule has 1 aromatic carbocycles. The SMILES string of the molecule is Cc1ccc(S(=O)(=O)NC2CCC(C(=O)N3CCC4(O)CCCCC4C3)CC2)cc1. The molecule has 2 atom stereocenters. The molecule has 1 heterocycles. The van der Waals surface area contributed by atoms with Crippen LogP contribution in [-0.2, 0) is 14.8 Å². The molecule has 166 valence electrons. The highest BCUT2D eigenvalue weighted by Crippen LogP contribution is 2.40. The second-order valence-corrected chi connectivity index (χ2v) is 11.3. The minimum atomic E-state index is -3.53. The summed E-state index contributed by atoms with van der Waals surface area (Å²) >= 11 is 0. The average molecular weight is 435 g/mol. The maximum Gasteiger partial charge on any atom is 0.240 e. The number of aliphatic hydroxyl groups is 1. The van der Waals surface area contributed by atoms with Crippen molar-refractivity contribution in [3.05, 3.63) is 29.8 Å². The maximum absolute atomic E-state index is 13.1. The molecule has 1 aromatic rings. The summed E-state index contributed by atoms with van der Waals surface area (Å²) < 4.78 is 28.1. The van der Waals surface area contributed by atoms with Crippen LogP contribution in [0.2, 0.25) is 0 Å². The molecule has 2 N–H and O–H groups in total. The molecule has 3 aliphatic rings. The predicted octanol–water partition coefficient (Wildman–Crippen LogP) is 2.99. The van der Waals surface area contributed by atoms with Crippen LogP contribution >= 0.6 is 0 Å². The van der Waals surface area contributed by atoms with Gasteiger partial charge in [-0.3, -0.25) is 4.79 Å². The van der Waals surface area contributed by atoms with Crippen molar-refractivity contribution in [1.29, 1.82) is 0 Å². The van der Waals surface area contributed by atoms with Crippen molar-refractivity contribution < 1.29 is 18.3 Å². The van der Waals surface area contributed by atoms with E-state index in [-0.39, 0.29) is 23.8 Å². The molecule has 6 nitrogen and oxygen atoms in total. The van der Waals surface area contributed by atoms with Gasteiger partial charge >= 0.3 is 0 Å². The maximum atomic E-state index is 13.1. The van der Waals surface area contributed by atoms with Crippen molar-refractivity contribution in [2.75, 3.05) is 13.1 Å². The molecule has 0 bridgehead atoms. The fourth-order valence-corrected chi connectivity index (χ4v) is 6.80. The number of rotatable bonds is 4. The van der Waals surface area contributed by atoms with Gasteiger partial charge < -0.3 is 10.0 Å². The largest absolute Gasteiger partial charge is 0.389 e. The fourth-order valence-electron chi connectivity index (χ4n) is 5.49. The van der Waals surface area contributed by atoms with E-state index in [9.17, 15) is 18.3 Å². The Hall–Kier alpha value is -1.44. The number of fused-ring (bicyclic) bond motifs is 1. The minimum absolute atomic E-state index is 0.0279. The van der Waals surface area contributed by atoms with Gasteiger partial charge in [0.15, 0.2) is 0 Å². The summed E-state index contributed by atoms with van der Waals surface area (Å²) in [5.41, 5.74) is 0.457. The lowest BCUT2D eigenvalue weighted by atomic mass is 9.71. The lowest BCUT2D eigenvalue weighted by Crippen LogP contribution is -2.55. The molecule has 0 spiro atoms. The Morgan fingerprint density at radius 1 is 1.07 bits per heavy atom.